The number of halogens is 1. The zero-order valence-corrected chi connectivity index (χ0v) is 16.2. The second-order valence-electron chi connectivity index (χ2n) is 5.69. The molecule has 0 saturated carbocycles. The van der Waals surface area contributed by atoms with Gasteiger partial charge in [0.05, 0.1) is 19.0 Å². The number of nitrogens with two attached hydrogens (primary N) is 1. The molecular formula is C20H18ClN3O2S. The van der Waals surface area contributed by atoms with Gasteiger partial charge in [0.15, 0.2) is 0 Å². The highest BCUT2D eigenvalue weighted by atomic mass is 35.5. The summed E-state index contributed by atoms with van der Waals surface area (Å²) in [5, 5.41) is 9.03. The normalized spacial score (nSPS) is 13.4. The van der Waals surface area contributed by atoms with Crippen molar-refractivity contribution in [3.63, 3.8) is 0 Å². The molecule has 1 amide bonds. The quantitative estimate of drug-likeness (QED) is 0.704. The number of methoxy groups -OCH3 is 1. The van der Waals surface area contributed by atoms with E-state index in [4.69, 9.17) is 21.5 Å². The van der Waals surface area contributed by atoms with Gasteiger partial charge in [-0.15, -0.1) is 0 Å². The Labute approximate surface area is 167 Å². The van der Waals surface area contributed by atoms with E-state index in [0.29, 0.717) is 22.2 Å². The van der Waals surface area contributed by atoms with Crippen molar-refractivity contribution in [2.24, 2.45) is 5.14 Å². The standard InChI is InChI=1S/C20H18ClN3O2S/c1-26-19-10-7-15(12-23-19)24-20(25)14-6-9-18(21)17(11-14)13-3-2-4-16(27-22)8-5-13/h3-12H,2,22H2,1H3,(H,24,25). The van der Waals surface area contributed by atoms with Gasteiger partial charge in [-0.25, -0.2) is 4.98 Å². The minimum absolute atomic E-state index is 0.241. The molecule has 1 aliphatic carbocycles. The molecule has 0 atom stereocenters. The summed E-state index contributed by atoms with van der Waals surface area (Å²) in [6.45, 7) is 0. The summed E-state index contributed by atoms with van der Waals surface area (Å²) in [7, 11) is 1.54. The van der Waals surface area contributed by atoms with E-state index < -0.39 is 0 Å². The number of anilines is 1. The maximum atomic E-state index is 12.6. The number of aromatic nitrogens is 1. The first-order chi connectivity index (χ1) is 13.1. The van der Waals surface area contributed by atoms with Crippen molar-refractivity contribution < 1.29 is 9.53 Å². The van der Waals surface area contributed by atoms with Crippen molar-refractivity contribution in [3.8, 4) is 5.88 Å². The Bertz CT molecular complexity index is 937. The average Bonchev–Trinajstić information content (AvgIpc) is 2.94. The Morgan fingerprint density at radius 3 is 2.81 bits per heavy atom. The summed E-state index contributed by atoms with van der Waals surface area (Å²) in [5.41, 5.74) is 2.83. The highest BCUT2D eigenvalue weighted by molar-refractivity contribution is 8.01. The van der Waals surface area contributed by atoms with Crippen molar-refractivity contribution in [2.45, 2.75) is 6.42 Å². The minimum Gasteiger partial charge on any atom is -0.481 e. The number of carbonyl (C=O) groups is 1. The fraction of sp³-hybridized carbons (Fsp3) is 0.100. The molecule has 7 heteroatoms. The molecule has 1 aromatic heterocycles. The van der Waals surface area contributed by atoms with Gasteiger partial charge in [0.25, 0.3) is 5.91 Å². The molecule has 2 aromatic rings. The number of allylic oxidation sites excluding steroid dienone is 5. The first-order valence-electron chi connectivity index (χ1n) is 8.17. The number of amides is 1. The Balaban J connectivity index is 1.82. The Morgan fingerprint density at radius 2 is 2.11 bits per heavy atom. The lowest BCUT2D eigenvalue weighted by molar-refractivity contribution is 0.102. The van der Waals surface area contributed by atoms with Crippen LogP contribution in [-0.2, 0) is 0 Å². The maximum Gasteiger partial charge on any atom is 0.255 e. The SMILES string of the molecule is COc1ccc(NC(=O)c2ccc(Cl)c(C3=CCC=C(SN)C=C3)c2)cn1. The number of nitrogens with one attached hydrogen (secondary N) is 1. The number of nitrogens with zero attached hydrogens (tertiary/aromatic N) is 1. The van der Waals surface area contributed by atoms with Gasteiger partial charge >= 0.3 is 0 Å². The van der Waals surface area contributed by atoms with E-state index >= 15 is 0 Å². The van der Waals surface area contributed by atoms with Gasteiger partial charge in [-0.3, -0.25) is 9.93 Å². The summed E-state index contributed by atoms with van der Waals surface area (Å²) >= 11 is 7.58. The molecule has 0 bridgehead atoms. The first-order valence-corrected chi connectivity index (χ1v) is 9.43. The third-order valence-electron chi connectivity index (χ3n) is 3.96. The lowest BCUT2D eigenvalue weighted by Gasteiger charge is -2.10. The lowest BCUT2D eigenvalue weighted by Crippen LogP contribution is -2.12. The van der Waals surface area contributed by atoms with Crippen LogP contribution in [0.3, 0.4) is 0 Å². The van der Waals surface area contributed by atoms with Crippen LogP contribution in [0.25, 0.3) is 5.57 Å². The van der Waals surface area contributed by atoms with E-state index in [1.165, 1.54) is 19.1 Å². The number of benzene rings is 1. The molecule has 27 heavy (non-hydrogen) atoms. The summed E-state index contributed by atoms with van der Waals surface area (Å²) < 4.78 is 5.02. The Kier molecular flexibility index (Phi) is 6.34. The van der Waals surface area contributed by atoms with Crippen LogP contribution in [0.1, 0.15) is 22.3 Å². The van der Waals surface area contributed by atoms with Crippen LogP contribution in [0.4, 0.5) is 5.69 Å². The van der Waals surface area contributed by atoms with Crippen molar-refractivity contribution in [3.05, 3.63) is 81.9 Å². The molecule has 0 radical (unpaired) electrons. The van der Waals surface area contributed by atoms with Gasteiger partial charge in [0, 0.05) is 27.1 Å². The second kappa shape index (κ2) is 8.90. The van der Waals surface area contributed by atoms with E-state index in [2.05, 4.69) is 16.4 Å². The van der Waals surface area contributed by atoms with Crippen LogP contribution in [0.15, 0.2) is 65.7 Å². The van der Waals surface area contributed by atoms with Crippen molar-refractivity contribution in [1.82, 2.24) is 4.98 Å². The maximum absolute atomic E-state index is 12.6. The highest BCUT2D eigenvalue weighted by Crippen LogP contribution is 2.29. The molecule has 3 rings (SSSR count). The summed E-state index contributed by atoms with van der Waals surface area (Å²) in [5.74, 6) is 0.243. The molecule has 0 unspecified atom stereocenters. The molecular weight excluding hydrogens is 382 g/mol. The highest BCUT2D eigenvalue weighted by Gasteiger charge is 2.12. The molecule has 0 spiro atoms. The monoisotopic (exact) mass is 399 g/mol. The van der Waals surface area contributed by atoms with E-state index in [1.807, 2.05) is 18.2 Å². The summed E-state index contributed by atoms with van der Waals surface area (Å²) in [6.07, 6.45) is 10.3. The van der Waals surface area contributed by atoms with Gasteiger partial charge in [-0.05, 0) is 54.3 Å². The van der Waals surface area contributed by atoms with Crippen molar-refractivity contribution in [1.29, 1.82) is 0 Å². The first kappa shape index (κ1) is 19.2. The molecule has 5 nitrogen and oxygen atoms in total. The number of hydrogen-bond donors (Lipinski definition) is 2. The van der Waals surface area contributed by atoms with Crippen LogP contribution >= 0.6 is 23.5 Å². The van der Waals surface area contributed by atoms with Gasteiger partial charge in [0.2, 0.25) is 5.88 Å². The predicted octanol–water partition coefficient (Wildman–Crippen LogP) is 4.83. The topological polar surface area (TPSA) is 77.2 Å². The number of carbonyl (C=O) groups excluding carboxylic acids is 1. The molecule has 138 valence electrons. The average molecular weight is 400 g/mol. The van der Waals surface area contributed by atoms with Crippen molar-refractivity contribution >= 4 is 40.7 Å². The van der Waals surface area contributed by atoms with Gasteiger partial charge in [-0.2, -0.15) is 0 Å². The van der Waals surface area contributed by atoms with Gasteiger partial charge in [0.1, 0.15) is 0 Å². The number of rotatable bonds is 5. The molecule has 1 aliphatic rings. The summed E-state index contributed by atoms with van der Waals surface area (Å²) in [6, 6.07) is 8.62. The number of pyridine rings is 1. The van der Waals surface area contributed by atoms with Crippen LogP contribution in [0, 0.1) is 0 Å². The third kappa shape index (κ3) is 4.80. The molecule has 0 aliphatic heterocycles. The molecule has 1 heterocycles. The number of ether oxygens (including phenoxy) is 1. The van der Waals surface area contributed by atoms with Crippen LogP contribution in [0.5, 0.6) is 5.88 Å². The van der Waals surface area contributed by atoms with Gasteiger partial charge in [-0.1, -0.05) is 29.8 Å². The fourth-order valence-electron chi connectivity index (χ4n) is 2.56. The van der Waals surface area contributed by atoms with E-state index in [-0.39, 0.29) is 5.91 Å². The predicted molar refractivity (Wildman–Crippen MR) is 112 cm³/mol. The minimum atomic E-state index is -0.241. The number of hydrogen-bond acceptors (Lipinski definition) is 5. The fourth-order valence-corrected chi connectivity index (χ4v) is 3.13. The van der Waals surface area contributed by atoms with Crippen LogP contribution in [0.2, 0.25) is 5.02 Å². The van der Waals surface area contributed by atoms with E-state index in [1.54, 1.807) is 36.5 Å². The van der Waals surface area contributed by atoms with Crippen LogP contribution < -0.4 is 15.2 Å². The van der Waals surface area contributed by atoms with Crippen LogP contribution in [-0.4, -0.2) is 18.0 Å². The lowest BCUT2D eigenvalue weighted by atomic mass is 10.0. The zero-order valence-electron chi connectivity index (χ0n) is 14.6. The summed E-state index contributed by atoms with van der Waals surface area (Å²) in [4.78, 5) is 17.7. The molecule has 0 fully saturated rings. The Morgan fingerprint density at radius 1 is 1.26 bits per heavy atom. The van der Waals surface area contributed by atoms with E-state index in [0.717, 1.165) is 22.5 Å². The van der Waals surface area contributed by atoms with Crippen molar-refractivity contribution in [2.75, 3.05) is 12.4 Å². The molecule has 1 aromatic carbocycles. The second-order valence-corrected chi connectivity index (χ2v) is 6.81. The van der Waals surface area contributed by atoms with Gasteiger partial charge < -0.3 is 10.1 Å². The molecule has 3 N–H and O–H groups in total. The Hall–Kier alpha value is -2.54. The van der Waals surface area contributed by atoms with E-state index in [9.17, 15) is 4.79 Å². The molecule has 0 saturated heterocycles. The smallest absolute Gasteiger partial charge is 0.255 e. The zero-order chi connectivity index (χ0) is 19.2. The largest absolute Gasteiger partial charge is 0.481 e. The third-order valence-corrected chi connectivity index (χ3v) is 4.87.